The molecule has 3 heterocycles. The fraction of sp³-hybridized carbons (Fsp3) is 0.500. The van der Waals surface area contributed by atoms with Gasteiger partial charge in [-0.2, -0.15) is 0 Å². The molecular weight excluding hydrogens is 523 g/mol. The quantitative estimate of drug-likeness (QED) is 0.274. The van der Waals surface area contributed by atoms with E-state index in [1.54, 1.807) is 6.07 Å². The lowest BCUT2D eigenvalue weighted by Crippen LogP contribution is -2.42. The molecule has 3 aromatic rings. The SMILES string of the molecule is CCCCCC1(Cc2csc(Cl)n2)CCN(c2nc(C)c(-c3cccc(Cl)c3Cl)nc2CO)CC1. The average Bonchev–Trinajstić information content (AvgIpc) is 3.26. The van der Waals surface area contributed by atoms with E-state index in [9.17, 15) is 5.11 Å². The van der Waals surface area contributed by atoms with E-state index in [0.29, 0.717) is 25.9 Å². The molecule has 1 aromatic carbocycles. The number of piperidine rings is 1. The molecule has 4 rings (SSSR count). The van der Waals surface area contributed by atoms with Crippen molar-refractivity contribution >= 4 is 52.0 Å². The second-order valence-electron chi connectivity index (χ2n) is 9.40. The van der Waals surface area contributed by atoms with Gasteiger partial charge >= 0.3 is 0 Å². The van der Waals surface area contributed by atoms with E-state index in [1.807, 2.05) is 19.1 Å². The number of aromatic nitrogens is 3. The molecule has 9 heteroatoms. The van der Waals surface area contributed by atoms with Crippen LogP contribution >= 0.6 is 46.1 Å². The fourth-order valence-electron chi connectivity index (χ4n) is 5.05. The van der Waals surface area contributed by atoms with Crippen molar-refractivity contribution in [2.45, 2.75) is 65.4 Å². The third-order valence-corrected chi connectivity index (χ3v) is 8.84. The lowest BCUT2D eigenvalue weighted by atomic mass is 9.71. The minimum absolute atomic E-state index is 0.191. The third kappa shape index (κ3) is 6.11. The highest BCUT2D eigenvalue weighted by molar-refractivity contribution is 7.13. The van der Waals surface area contributed by atoms with Gasteiger partial charge in [0.1, 0.15) is 5.69 Å². The Morgan fingerprint density at radius 1 is 1.09 bits per heavy atom. The second-order valence-corrected chi connectivity index (χ2v) is 11.6. The Bertz CT molecular complexity index is 1160. The van der Waals surface area contributed by atoms with Gasteiger partial charge in [-0.1, -0.05) is 73.1 Å². The van der Waals surface area contributed by atoms with Crippen LogP contribution in [-0.4, -0.2) is 33.1 Å². The Morgan fingerprint density at radius 2 is 1.86 bits per heavy atom. The highest BCUT2D eigenvalue weighted by Gasteiger charge is 2.36. The number of anilines is 1. The van der Waals surface area contributed by atoms with Gasteiger partial charge in [0.15, 0.2) is 10.3 Å². The molecule has 0 aliphatic carbocycles. The zero-order valence-electron chi connectivity index (χ0n) is 20.2. The number of aliphatic hydroxyl groups excluding tert-OH is 1. The van der Waals surface area contributed by atoms with Crippen molar-refractivity contribution in [3.63, 3.8) is 0 Å². The molecule has 0 amide bonds. The van der Waals surface area contributed by atoms with E-state index in [-0.39, 0.29) is 12.0 Å². The highest BCUT2D eigenvalue weighted by Crippen LogP contribution is 2.42. The van der Waals surface area contributed by atoms with Crippen molar-refractivity contribution in [3.05, 3.63) is 55.2 Å². The maximum atomic E-state index is 10.2. The molecule has 0 spiro atoms. The smallest absolute Gasteiger partial charge is 0.183 e. The summed E-state index contributed by atoms with van der Waals surface area (Å²) in [6, 6.07) is 5.47. The summed E-state index contributed by atoms with van der Waals surface area (Å²) in [7, 11) is 0. The van der Waals surface area contributed by atoms with Crippen LogP contribution in [0.5, 0.6) is 0 Å². The van der Waals surface area contributed by atoms with Gasteiger partial charge in [0.05, 0.1) is 33.7 Å². The molecule has 1 saturated heterocycles. The van der Waals surface area contributed by atoms with Crippen LogP contribution < -0.4 is 4.90 Å². The van der Waals surface area contributed by atoms with E-state index in [0.717, 1.165) is 55.1 Å². The normalized spacial score (nSPS) is 15.5. The first-order valence-corrected chi connectivity index (χ1v) is 14.1. The van der Waals surface area contributed by atoms with E-state index < -0.39 is 0 Å². The largest absolute Gasteiger partial charge is 0.390 e. The van der Waals surface area contributed by atoms with Crippen LogP contribution in [0.2, 0.25) is 14.5 Å². The summed E-state index contributed by atoms with van der Waals surface area (Å²) >= 11 is 20.3. The van der Waals surface area contributed by atoms with Gasteiger partial charge in [-0.25, -0.2) is 15.0 Å². The molecule has 2 aromatic heterocycles. The van der Waals surface area contributed by atoms with Crippen molar-refractivity contribution in [1.82, 2.24) is 15.0 Å². The first-order valence-electron chi connectivity index (χ1n) is 12.1. The Labute approximate surface area is 226 Å². The maximum absolute atomic E-state index is 10.2. The van der Waals surface area contributed by atoms with Crippen molar-refractivity contribution in [2.24, 2.45) is 5.41 Å². The van der Waals surface area contributed by atoms with Crippen LogP contribution in [0.4, 0.5) is 5.82 Å². The van der Waals surface area contributed by atoms with Crippen molar-refractivity contribution in [1.29, 1.82) is 0 Å². The molecule has 188 valence electrons. The molecule has 1 N–H and O–H groups in total. The van der Waals surface area contributed by atoms with Crippen LogP contribution in [0, 0.1) is 12.3 Å². The number of hydrogen-bond acceptors (Lipinski definition) is 6. The zero-order valence-corrected chi connectivity index (χ0v) is 23.2. The van der Waals surface area contributed by atoms with Crippen LogP contribution in [-0.2, 0) is 13.0 Å². The molecule has 0 unspecified atom stereocenters. The molecule has 1 aliphatic heterocycles. The minimum atomic E-state index is -0.191. The molecule has 0 atom stereocenters. The van der Waals surface area contributed by atoms with Crippen molar-refractivity contribution < 1.29 is 5.11 Å². The molecule has 1 aliphatic rings. The molecule has 0 saturated carbocycles. The predicted molar refractivity (Wildman–Crippen MR) is 147 cm³/mol. The van der Waals surface area contributed by atoms with Gasteiger partial charge in [0.25, 0.3) is 0 Å². The summed E-state index contributed by atoms with van der Waals surface area (Å²) in [4.78, 5) is 16.5. The van der Waals surface area contributed by atoms with Crippen molar-refractivity contribution in [3.8, 4) is 11.3 Å². The number of benzene rings is 1. The van der Waals surface area contributed by atoms with Crippen molar-refractivity contribution in [2.75, 3.05) is 18.0 Å². The lowest BCUT2D eigenvalue weighted by Gasteiger charge is -2.43. The molecular formula is C26H31Cl3N4OS. The summed E-state index contributed by atoms with van der Waals surface area (Å²) in [5.41, 5.74) is 4.00. The molecule has 35 heavy (non-hydrogen) atoms. The Hall–Kier alpha value is -1.44. The van der Waals surface area contributed by atoms with E-state index in [2.05, 4.69) is 22.2 Å². The second kappa shape index (κ2) is 11.7. The van der Waals surface area contributed by atoms with Gasteiger partial charge in [-0.05, 0) is 44.1 Å². The van der Waals surface area contributed by atoms with Crippen LogP contribution in [0.25, 0.3) is 11.3 Å². The molecule has 0 radical (unpaired) electrons. The first kappa shape index (κ1) is 26.6. The number of halogens is 3. The number of nitrogens with zero attached hydrogens (tertiary/aromatic N) is 4. The zero-order chi connectivity index (χ0) is 25.0. The van der Waals surface area contributed by atoms with Gasteiger partial charge in [0.2, 0.25) is 0 Å². The number of unbranched alkanes of at least 4 members (excludes halogenated alkanes) is 2. The van der Waals surface area contributed by atoms with Crippen LogP contribution in [0.15, 0.2) is 23.6 Å². The summed E-state index contributed by atoms with van der Waals surface area (Å²) < 4.78 is 0.611. The molecule has 0 bridgehead atoms. The topological polar surface area (TPSA) is 62.1 Å². The molecule has 5 nitrogen and oxygen atoms in total. The van der Waals surface area contributed by atoms with Gasteiger partial charge in [0, 0.05) is 24.0 Å². The fourth-order valence-corrected chi connectivity index (χ4v) is 6.22. The summed E-state index contributed by atoms with van der Waals surface area (Å²) in [6.07, 6.45) is 7.91. The monoisotopic (exact) mass is 552 g/mol. The number of hydrogen-bond donors (Lipinski definition) is 1. The predicted octanol–water partition coefficient (Wildman–Crippen LogP) is 7.77. The Kier molecular flexibility index (Phi) is 8.93. The van der Waals surface area contributed by atoms with Gasteiger partial charge < -0.3 is 10.0 Å². The van der Waals surface area contributed by atoms with E-state index >= 15 is 0 Å². The summed E-state index contributed by atoms with van der Waals surface area (Å²) in [5, 5.41) is 13.2. The Balaban J connectivity index is 1.57. The van der Waals surface area contributed by atoms with Gasteiger partial charge in [-0.15, -0.1) is 11.3 Å². The minimum Gasteiger partial charge on any atom is -0.390 e. The number of aryl methyl sites for hydroxylation is 1. The third-order valence-electron chi connectivity index (χ3n) is 6.99. The number of aliphatic hydroxyl groups is 1. The number of rotatable bonds is 9. The lowest BCUT2D eigenvalue weighted by molar-refractivity contribution is 0.188. The maximum Gasteiger partial charge on any atom is 0.183 e. The van der Waals surface area contributed by atoms with Crippen LogP contribution in [0.3, 0.4) is 0 Å². The average molecular weight is 554 g/mol. The van der Waals surface area contributed by atoms with E-state index in [1.165, 1.54) is 37.0 Å². The van der Waals surface area contributed by atoms with Gasteiger partial charge in [-0.3, -0.25) is 0 Å². The Morgan fingerprint density at radius 3 is 2.51 bits per heavy atom. The standard InChI is InChI=1S/C26H31Cl3N4OS/c1-3-4-5-9-26(14-18-16-35-25(29)31-18)10-12-33(13-11-26)24-21(15-34)32-23(17(2)30-24)19-7-6-8-20(27)22(19)28/h6-8,16,34H,3-5,9-15H2,1-2H3. The first-order chi connectivity index (χ1) is 16.9. The molecule has 1 fully saturated rings. The number of thiazole rings is 1. The summed E-state index contributed by atoms with van der Waals surface area (Å²) in [6.45, 7) is 5.70. The van der Waals surface area contributed by atoms with E-state index in [4.69, 9.17) is 44.8 Å². The summed E-state index contributed by atoms with van der Waals surface area (Å²) in [5.74, 6) is 0.755. The van der Waals surface area contributed by atoms with Crippen LogP contribution in [0.1, 0.15) is 62.5 Å². The highest BCUT2D eigenvalue weighted by atomic mass is 35.5.